The van der Waals surface area contributed by atoms with Gasteiger partial charge in [0.05, 0.1) is 11.4 Å². The lowest BCUT2D eigenvalue weighted by atomic mass is 9.88. The SMILES string of the molecule is Cc1c(C(=O)O)sc2ncnc(N[C@@H]3CCCc4ccccc43)c12. The van der Waals surface area contributed by atoms with Gasteiger partial charge < -0.3 is 10.4 Å². The summed E-state index contributed by atoms with van der Waals surface area (Å²) in [6.07, 6.45) is 4.78. The summed E-state index contributed by atoms with van der Waals surface area (Å²) in [6, 6.07) is 8.67. The molecule has 1 aromatic carbocycles. The fourth-order valence-corrected chi connectivity index (χ4v) is 4.44. The molecule has 1 aliphatic carbocycles. The van der Waals surface area contributed by atoms with Gasteiger partial charge in [0, 0.05) is 0 Å². The van der Waals surface area contributed by atoms with Crippen molar-refractivity contribution in [1.29, 1.82) is 0 Å². The molecule has 0 unspecified atom stereocenters. The van der Waals surface area contributed by atoms with Crippen LogP contribution in [0.1, 0.15) is 45.2 Å². The van der Waals surface area contributed by atoms with Crippen molar-refractivity contribution in [2.24, 2.45) is 0 Å². The fraction of sp³-hybridized carbons (Fsp3) is 0.278. The summed E-state index contributed by atoms with van der Waals surface area (Å²) in [5.41, 5.74) is 3.41. The molecule has 2 heterocycles. The van der Waals surface area contributed by atoms with E-state index in [4.69, 9.17) is 0 Å². The first-order valence-corrected chi connectivity index (χ1v) is 8.78. The zero-order chi connectivity index (χ0) is 16.7. The second-order valence-electron chi connectivity index (χ2n) is 6.05. The molecule has 1 aliphatic rings. The summed E-state index contributed by atoms with van der Waals surface area (Å²) >= 11 is 1.20. The van der Waals surface area contributed by atoms with Gasteiger partial charge in [0.1, 0.15) is 21.9 Å². The maximum absolute atomic E-state index is 11.4. The van der Waals surface area contributed by atoms with E-state index in [1.165, 1.54) is 28.8 Å². The van der Waals surface area contributed by atoms with Crippen LogP contribution >= 0.6 is 11.3 Å². The highest BCUT2D eigenvalue weighted by molar-refractivity contribution is 7.20. The second kappa shape index (κ2) is 5.87. The third kappa shape index (κ3) is 2.43. The van der Waals surface area contributed by atoms with E-state index < -0.39 is 5.97 Å². The number of aryl methyl sites for hydroxylation is 2. The minimum absolute atomic E-state index is 0.195. The van der Waals surface area contributed by atoms with Gasteiger partial charge in [0.2, 0.25) is 0 Å². The Morgan fingerprint density at radius 1 is 1.33 bits per heavy atom. The monoisotopic (exact) mass is 339 g/mol. The van der Waals surface area contributed by atoms with Gasteiger partial charge in [0.25, 0.3) is 0 Å². The molecule has 0 radical (unpaired) electrons. The Labute approximate surface area is 143 Å². The summed E-state index contributed by atoms with van der Waals surface area (Å²) in [4.78, 5) is 21.1. The molecule has 0 bridgehead atoms. The number of nitrogens with zero attached hydrogens (tertiary/aromatic N) is 2. The van der Waals surface area contributed by atoms with Crippen molar-refractivity contribution in [3.63, 3.8) is 0 Å². The summed E-state index contributed by atoms with van der Waals surface area (Å²) in [7, 11) is 0. The van der Waals surface area contributed by atoms with E-state index >= 15 is 0 Å². The first kappa shape index (κ1) is 15.1. The highest BCUT2D eigenvalue weighted by atomic mass is 32.1. The van der Waals surface area contributed by atoms with E-state index in [-0.39, 0.29) is 6.04 Å². The third-order valence-electron chi connectivity index (χ3n) is 4.60. The van der Waals surface area contributed by atoms with Crippen molar-refractivity contribution < 1.29 is 9.90 Å². The van der Waals surface area contributed by atoms with E-state index in [9.17, 15) is 9.90 Å². The molecule has 2 N–H and O–H groups in total. The first-order chi connectivity index (χ1) is 11.6. The predicted molar refractivity (Wildman–Crippen MR) is 94.9 cm³/mol. The number of thiophene rings is 1. The number of hydrogen-bond acceptors (Lipinski definition) is 5. The number of aromatic nitrogens is 2. The van der Waals surface area contributed by atoms with Crippen molar-refractivity contribution in [2.45, 2.75) is 32.2 Å². The molecule has 2 aromatic heterocycles. The standard InChI is InChI=1S/C18H17N3O2S/c1-10-14-16(19-9-20-17(14)24-15(10)18(22)23)21-13-8-4-6-11-5-2-3-7-12(11)13/h2-3,5,7,9,13H,4,6,8H2,1H3,(H,22,23)(H,19,20,21)/t13-/m1/s1. The highest BCUT2D eigenvalue weighted by Gasteiger charge is 2.23. The molecule has 0 aliphatic heterocycles. The van der Waals surface area contributed by atoms with Crippen LogP contribution in [-0.2, 0) is 6.42 Å². The number of benzene rings is 1. The average Bonchev–Trinajstić information content (AvgIpc) is 2.93. The summed E-state index contributed by atoms with van der Waals surface area (Å²) < 4.78 is 0. The van der Waals surface area contributed by atoms with E-state index in [0.29, 0.717) is 9.71 Å². The molecule has 6 heteroatoms. The Morgan fingerprint density at radius 3 is 3.00 bits per heavy atom. The molecule has 0 spiro atoms. The Morgan fingerprint density at radius 2 is 2.17 bits per heavy atom. The van der Waals surface area contributed by atoms with Crippen LogP contribution in [-0.4, -0.2) is 21.0 Å². The zero-order valence-corrected chi connectivity index (χ0v) is 14.1. The smallest absolute Gasteiger partial charge is 0.346 e. The highest BCUT2D eigenvalue weighted by Crippen LogP contribution is 2.37. The first-order valence-electron chi connectivity index (χ1n) is 7.97. The van der Waals surface area contributed by atoms with Crippen LogP contribution in [0.2, 0.25) is 0 Å². The number of carboxylic acids is 1. The quantitative estimate of drug-likeness (QED) is 0.748. The number of aromatic carboxylic acids is 1. The summed E-state index contributed by atoms with van der Waals surface area (Å²) in [5, 5.41) is 13.7. The van der Waals surface area contributed by atoms with Gasteiger partial charge in [-0.1, -0.05) is 24.3 Å². The number of rotatable bonds is 3. The summed E-state index contributed by atoms with van der Waals surface area (Å²) in [6.45, 7) is 1.83. The normalized spacial score (nSPS) is 16.8. The molecule has 3 aromatic rings. The Kier molecular flexibility index (Phi) is 3.69. The molecule has 122 valence electrons. The van der Waals surface area contributed by atoms with Crippen LogP contribution in [0.5, 0.6) is 0 Å². The maximum Gasteiger partial charge on any atom is 0.346 e. The average molecular weight is 339 g/mol. The molecule has 1 atom stereocenters. The van der Waals surface area contributed by atoms with E-state index in [0.717, 1.165) is 36.0 Å². The van der Waals surface area contributed by atoms with E-state index in [1.807, 2.05) is 6.92 Å². The molecule has 0 saturated heterocycles. The zero-order valence-electron chi connectivity index (χ0n) is 13.2. The van der Waals surface area contributed by atoms with Gasteiger partial charge in [-0.2, -0.15) is 0 Å². The number of carbonyl (C=O) groups is 1. The largest absolute Gasteiger partial charge is 0.477 e. The molecule has 24 heavy (non-hydrogen) atoms. The molecule has 0 saturated carbocycles. The Hall–Kier alpha value is -2.47. The lowest BCUT2D eigenvalue weighted by Gasteiger charge is -2.27. The van der Waals surface area contributed by atoms with Crippen molar-refractivity contribution in [3.8, 4) is 0 Å². The van der Waals surface area contributed by atoms with Crippen molar-refractivity contribution >= 4 is 33.3 Å². The van der Waals surface area contributed by atoms with Gasteiger partial charge in [-0.3, -0.25) is 0 Å². The minimum atomic E-state index is -0.913. The maximum atomic E-state index is 11.4. The second-order valence-corrected chi connectivity index (χ2v) is 7.05. The van der Waals surface area contributed by atoms with Gasteiger partial charge in [-0.15, -0.1) is 11.3 Å². The predicted octanol–water partition coefficient (Wildman–Crippen LogP) is 4.19. The molecule has 5 nitrogen and oxygen atoms in total. The Bertz CT molecular complexity index is 935. The van der Waals surface area contributed by atoms with Crippen LogP contribution in [0, 0.1) is 6.92 Å². The minimum Gasteiger partial charge on any atom is -0.477 e. The number of nitrogens with one attached hydrogen (secondary N) is 1. The number of carboxylic acid groups (broad SMARTS) is 1. The van der Waals surface area contributed by atoms with E-state index in [2.05, 4.69) is 39.6 Å². The molecular formula is C18H17N3O2S. The van der Waals surface area contributed by atoms with Crippen LogP contribution in [0.3, 0.4) is 0 Å². The lowest BCUT2D eigenvalue weighted by Crippen LogP contribution is -2.18. The van der Waals surface area contributed by atoms with Crippen LogP contribution in [0.25, 0.3) is 10.2 Å². The van der Waals surface area contributed by atoms with Gasteiger partial charge in [-0.25, -0.2) is 14.8 Å². The molecular weight excluding hydrogens is 322 g/mol. The number of anilines is 1. The third-order valence-corrected chi connectivity index (χ3v) is 5.79. The van der Waals surface area contributed by atoms with Crippen molar-refractivity contribution in [2.75, 3.05) is 5.32 Å². The fourth-order valence-electron chi connectivity index (χ4n) is 3.45. The molecule has 4 rings (SSSR count). The van der Waals surface area contributed by atoms with Gasteiger partial charge in [-0.05, 0) is 42.9 Å². The molecule has 0 fully saturated rings. The van der Waals surface area contributed by atoms with Crippen LogP contribution in [0.4, 0.5) is 5.82 Å². The summed E-state index contributed by atoms with van der Waals surface area (Å²) in [5.74, 6) is -0.188. The van der Waals surface area contributed by atoms with Crippen molar-refractivity contribution in [3.05, 3.63) is 52.2 Å². The Balaban J connectivity index is 1.77. The van der Waals surface area contributed by atoms with Crippen LogP contribution < -0.4 is 5.32 Å². The number of hydrogen-bond donors (Lipinski definition) is 2. The van der Waals surface area contributed by atoms with Crippen molar-refractivity contribution in [1.82, 2.24) is 9.97 Å². The lowest BCUT2D eigenvalue weighted by molar-refractivity contribution is 0.0701. The van der Waals surface area contributed by atoms with Gasteiger partial charge >= 0.3 is 5.97 Å². The molecule has 0 amide bonds. The topological polar surface area (TPSA) is 75.1 Å². The van der Waals surface area contributed by atoms with Crippen LogP contribution in [0.15, 0.2) is 30.6 Å². The van der Waals surface area contributed by atoms with Gasteiger partial charge in [0.15, 0.2) is 0 Å². The van der Waals surface area contributed by atoms with E-state index in [1.54, 1.807) is 0 Å². The number of fused-ring (bicyclic) bond motifs is 2.